The van der Waals surface area contributed by atoms with E-state index in [-0.39, 0.29) is 23.6 Å². The first-order chi connectivity index (χ1) is 5.97. The second-order valence-corrected chi connectivity index (χ2v) is 3.01. The molecule has 0 aromatic carbocycles. The molecule has 0 unspecified atom stereocenters. The van der Waals surface area contributed by atoms with Gasteiger partial charge in [0.1, 0.15) is 0 Å². The van der Waals surface area contributed by atoms with Crippen LogP contribution in [0.1, 0.15) is 27.2 Å². The third-order valence-electron chi connectivity index (χ3n) is 1.31. The monoisotopic (exact) mass is 184 g/mol. The van der Waals surface area contributed by atoms with Crippen molar-refractivity contribution in [1.29, 1.82) is 0 Å². The zero-order chi connectivity index (χ0) is 10.4. The normalized spacial score (nSPS) is 9.54. The summed E-state index contributed by atoms with van der Waals surface area (Å²) >= 11 is 0. The molecule has 0 bridgehead atoms. The summed E-state index contributed by atoms with van der Waals surface area (Å²) in [4.78, 5) is 22.0. The summed E-state index contributed by atoms with van der Waals surface area (Å²) in [7, 11) is 0. The quantitative estimate of drug-likeness (QED) is 0.627. The average molecular weight is 184 g/mol. The molecule has 0 aliphatic heterocycles. The predicted octanol–water partition coefficient (Wildman–Crippen LogP) is 0.551. The summed E-state index contributed by atoms with van der Waals surface area (Å²) in [6.07, 6.45) is 0.341. The largest absolute Gasteiger partial charge is 0.349 e. The summed E-state index contributed by atoms with van der Waals surface area (Å²) in [6, 6.07) is 0.0442. The molecular weight excluding hydrogens is 168 g/mol. The van der Waals surface area contributed by atoms with E-state index in [9.17, 15) is 9.59 Å². The van der Waals surface area contributed by atoms with E-state index in [1.807, 2.05) is 13.8 Å². The van der Waals surface area contributed by atoms with Gasteiger partial charge in [0.25, 0.3) is 5.91 Å². The Morgan fingerprint density at radius 1 is 1.38 bits per heavy atom. The molecule has 0 saturated carbocycles. The van der Waals surface area contributed by atoms with Gasteiger partial charge in [-0.1, -0.05) is 13.5 Å². The van der Waals surface area contributed by atoms with Gasteiger partial charge in [0, 0.05) is 12.5 Å². The molecule has 0 saturated heterocycles. The molecule has 4 heteroatoms. The van der Waals surface area contributed by atoms with Gasteiger partial charge in [-0.25, -0.2) is 0 Å². The summed E-state index contributed by atoms with van der Waals surface area (Å²) in [6.45, 7) is 8.84. The first-order valence-electron chi connectivity index (χ1n) is 4.27. The fraction of sp³-hybridized carbons (Fsp3) is 0.556. The SMILES string of the molecule is C=C(NC(=O)CC)C(=O)NC(C)C. The van der Waals surface area contributed by atoms with Gasteiger partial charge in [-0.3, -0.25) is 9.59 Å². The van der Waals surface area contributed by atoms with Crippen molar-refractivity contribution in [3.05, 3.63) is 12.3 Å². The summed E-state index contributed by atoms with van der Waals surface area (Å²) < 4.78 is 0. The Labute approximate surface area is 78.4 Å². The van der Waals surface area contributed by atoms with Crippen LogP contribution in [-0.4, -0.2) is 17.9 Å². The lowest BCUT2D eigenvalue weighted by Gasteiger charge is -2.10. The Bertz CT molecular complexity index is 222. The number of carbonyl (C=O) groups excluding carboxylic acids is 2. The molecule has 0 fully saturated rings. The lowest BCUT2D eigenvalue weighted by molar-refractivity contribution is -0.123. The maximum Gasteiger partial charge on any atom is 0.267 e. The van der Waals surface area contributed by atoms with Gasteiger partial charge in [-0.15, -0.1) is 0 Å². The van der Waals surface area contributed by atoms with Crippen molar-refractivity contribution in [3.63, 3.8) is 0 Å². The van der Waals surface area contributed by atoms with Crippen LogP contribution >= 0.6 is 0 Å². The molecule has 74 valence electrons. The second kappa shape index (κ2) is 5.35. The third-order valence-corrected chi connectivity index (χ3v) is 1.31. The maximum atomic E-state index is 11.2. The molecule has 0 aromatic rings. The van der Waals surface area contributed by atoms with Crippen LogP contribution in [0.5, 0.6) is 0 Å². The van der Waals surface area contributed by atoms with E-state index < -0.39 is 0 Å². The Morgan fingerprint density at radius 2 is 1.92 bits per heavy atom. The van der Waals surface area contributed by atoms with Crippen molar-refractivity contribution < 1.29 is 9.59 Å². The Balaban J connectivity index is 3.97. The minimum atomic E-state index is -0.336. The van der Waals surface area contributed by atoms with E-state index in [1.54, 1.807) is 6.92 Å². The smallest absolute Gasteiger partial charge is 0.267 e. The number of amides is 2. The minimum Gasteiger partial charge on any atom is -0.349 e. The van der Waals surface area contributed by atoms with Crippen LogP contribution in [-0.2, 0) is 9.59 Å². The highest BCUT2D eigenvalue weighted by atomic mass is 16.2. The highest BCUT2D eigenvalue weighted by Crippen LogP contribution is 1.88. The minimum absolute atomic E-state index is 0.0442. The highest BCUT2D eigenvalue weighted by molar-refractivity contribution is 5.96. The van der Waals surface area contributed by atoms with E-state index in [1.165, 1.54) is 0 Å². The third kappa shape index (κ3) is 5.00. The van der Waals surface area contributed by atoms with Crippen molar-refractivity contribution in [2.45, 2.75) is 33.2 Å². The van der Waals surface area contributed by atoms with Crippen molar-refractivity contribution >= 4 is 11.8 Å². The molecule has 2 amide bonds. The molecule has 0 atom stereocenters. The Hall–Kier alpha value is -1.32. The fourth-order valence-corrected chi connectivity index (χ4v) is 0.663. The van der Waals surface area contributed by atoms with Crippen molar-refractivity contribution in [1.82, 2.24) is 10.6 Å². The fourth-order valence-electron chi connectivity index (χ4n) is 0.663. The lowest BCUT2D eigenvalue weighted by atomic mass is 10.3. The standard InChI is InChI=1S/C9H16N2O2/c1-5-8(12)11-7(4)9(13)10-6(2)3/h6H,4-5H2,1-3H3,(H,10,13)(H,11,12). The van der Waals surface area contributed by atoms with Crippen molar-refractivity contribution in [3.8, 4) is 0 Å². The molecule has 0 rings (SSSR count). The highest BCUT2D eigenvalue weighted by Gasteiger charge is 2.09. The first kappa shape index (κ1) is 11.7. The molecule has 0 heterocycles. The number of nitrogens with one attached hydrogen (secondary N) is 2. The summed E-state index contributed by atoms with van der Waals surface area (Å²) in [5, 5.41) is 5.01. The van der Waals surface area contributed by atoms with Crippen LogP contribution in [0.2, 0.25) is 0 Å². The van der Waals surface area contributed by atoms with E-state index in [0.717, 1.165) is 0 Å². The molecule has 13 heavy (non-hydrogen) atoms. The summed E-state index contributed by atoms with van der Waals surface area (Å²) in [5.41, 5.74) is 0.0977. The lowest BCUT2D eigenvalue weighted by Crippen LogP contribution is -2.37. The molecule has 0 aromatic heterocycles. The number of rotatable bonds is 4. The second-order valence-electron chi connectivity index (χ2n) is 3.01. The van der Waals surface area contributed by atoms with Gasteiger partial charge in [0.05, 0.1) is 5.70 Å². The van der Waals surface area contributed by atoms with Crippen LogP contribution in [0.25, 0.3) is 0 Å². The summed E-state index contributed by atoms with van der Waals surface area (Å²) in [5.74, 6) is -0.541. The molecule has 2 N–H and O–H groups in total. The first-order valence-corrected chi connectivity index (χ1v) is 4.27. The molecule has 0 aliphatic carbocycles. The van der Waals surface area contributed by atoms with Crippen molar-refractivity contribution in [2.75, 3.05) is 0 Å². The molecule has 0 spiro atoms. The van der Waals surface area contributed by atoms with Gasteiger partial charge < -0.3 is 10.6 Å². The predicted molar refractivity (Wildman–Crippen MR) is 50.9 cm³/mol. The van der Waals surface area contributed by atoms with E-state index >= 15 is 0 Å². The topological polar surface area (TPSA) is 58.2 Å². The van der Waals surface area contributed by atoms with Gasteiger partial charge in [-0.2, -0.15) is 0 Å². The zero-order valence-electron chi connectivity index (χ0n) is 8.31. The number of hydrogen-bond acceptors (Lipinski definition) is 2. The molecular formula is C9H16N2O2. The van der Waals surface area contributed by atoms with Gasteiger partial charge in [0.2, 0.25) is 5.91 Å². The van der Waals surface area contributed by atoms with Crippen LogP contribution in [0.4, 0.5) is 0 Å². The molecule has 0 aliphatic rings. The Kier molecular flexibility index (Phi) is 4.80. The van der Waals surface area contributed by atoms with Crippen LogP contribution < -0.4 is 10.6 Å². The van der Waals surface area contributed by atoms with Crippen LogP contribution in [0, 0.1) is 0 Å². The molecule has 0 radical (unpaired) electrons. The van der Waals surface area contributed by atoms with Gasteiger partial charge in [-0.05, 0) is 13.8 Å². The van der Waals surface area contributed by atoms with Gasteiger partial charge in [0.15, 0.2) is 0 Å². The van der Waals surface area contributed by atoms with Gasteiger partial charge >= 0.3 is 0 Å². The van der Waals surface area contributed by atoms with E-state index in [0.29, 0.717) is 6.42 Å². The molecule has 4 nitrogen and oxygen atoms in total. The van der Waals surface area contributed by atoms with Crippen LogP contribution in [0.3, 0.4) is 0 Å². The van der Waals surface area contributed by atoms with Crippen LogP contribution in [0.15, 0.2) is 12.3 Å². The van der Waals surface area contributed by atoms with Crippen molar-refractivity contribution in [2.24, 2.45) is 0 Å². The number of carbonyl (C=O) groups is 2. The van der Waals surface area contributed by atoms with E-state index in [2.05, 4.69) is 17.2 Å². The number of hydrogen-bond donors (Lipinski definition) is 2. The van der Waals surface area contributed by atoms with E-state index in [4.69, 9.17) is 0 Å². The zero-order valence-corrected chi connectivity index (χ0v) is 8.31. The Morgan fingerprint density at radius 3 is 2.31 bits per heavy atom. The average Bonchev–Trinajstić information content (AvgIpc) is 2.02. The maximum absolute atomic E-state index is 11.2.